The minimum absolute atomic E-state index is 0.127. The number of nitrogens with zero attached hydrogens (tertiary/aromatic N) is 2. The molecule has 2 aliphatic heterocycles. The molecule has 0 bridgehead atoms. The molecule has 2 N–H and O–H groups in total. The van der Waals surface area contributed by atoms with Crippen LogP contribution in [0.4, 0.5) is 0 Å². The molecule has 0 fully saturated rings. The zero-order valence-corrected chi connectivity index (χ0v) is 6.56. The maximum Gasteiger partial charge on any atom is 0.250 e. The molecule has 64 valence electrons. The average Bonchev–Trinajstić information content (AvgIpc) is 2.29. The third-order valence-corrected chi connectivity index (χ3v) is 2.16. The van der Waals surface area contributed by atoms with Crippen LogP contribution in [0, 0.1) is 5.92 Å². The second kappa shape index (κ2) is 2.23. The predicted molar refractivity (Wildman–Crippen MR) is 42.1 cm³/mol. The Balaban J connectivity index is 2.33. The fourth-order valence-corrected chi connectivity index (χ4v) is 1.42. The summed E-state index contributed by atoms with van der Waals surface area (Å²) in [4.78, 5) is 11.2. The molecule has 12 heavy (non-hydrogen) atoms. The second-order valence-electron chi connectivity index (χ2n) is 2.92. The van der Waals surface area contributed by atoms with Gasteiger partial charge < -0.3 is 10.4 Å². The monoisotopic (exact) mass is 167 g/mol. The van der Waals surface area contributed by atoms with Crippen molar-refractivity contribution in [2.75, 3.05) is 0 Å². The van der Waals surface area contributed by atoms with Crippen LogP contribution in [0.2, 0.25) is 0 Å². The molecular weight excluding hydrogens is 158 g/mol. The van der Waals surface area contributed by atoms with Crippen LogP contribution in [0.5, 0.6) is 0 Å². The molecule has 2 unspecified atom stereocenters. The Kier molecular flexibility index (Phi) is 1.33. The summed E-state index contributed by atoms with van der Waals surface area (Å²) >= 11 is 0. The van der Waals surface area contributed by atoms with Crippen molar-refractivity contribution in [1.82, 2.24) is 10.3 Å². The van der Waals surface area contributed by atoms with E-state index in [2.05, 4.69) is 10.4 Å². The lowest BCUT2D eigenvalue weighted by Gasteiger charge is -2.24. The first-order chi connectivity index (χ1) is 5.70. The number of carbonyl (C=O) groups excluding carboxylic acids is 1. The fourth-order valence-electron chi connectivity index (χ4n) is 1.42. The van der Waals surface area contributed by atoms with E-state index in [4.69, 9.17) is 0 Å². The van der Waals surface area contributed by atoms with E-state index >= 15 is 0 Å². The van der Waals surface area contributed by atoms with Crippen LogP contribution < -0.4 is 5.32 Å². The van der Waals surface area contributed by atoms with E-state index in [0.29, 0.717) is 0 Å². The van der Waals surface area contributed by atoms with E-state index in [1.54, 1.807) is 6.92 Å². The van der Waals surface area contributed by atoms with E-state index in [-0.39, 0.29) is 23.6 Å². The first-order valence-corrected chi connectivity index (χ1v) is 3.72. The second-order valence-corrected chi connectivity index (χ2v) is 2.92. The minimum Gasteiger partial charge on any atom is -0.510 e. The van der Waals surface area contributed by atoms with E-state index < -0.39 is 0 Å². The van der Waals surface area contributed by atoms with Crippen molar-refractivity contribution in [2.45, 2.75) is 13.0 Å². The van der Waals surface area contributed by atoms with Crippen LogP contribution in [0.25, 0.3) is 0 Å². The summed E-state index contributed by atoms with van der Waals surface area (Å²) in [6.07, 6.45) is 2.80. The van der Waals surface area contributed by atoms with Crippen molar-refractivity contribution in [1.29, 1.82) is 0 Å². The highest BCUT2D eigenvalue weighted by atomic mass is 16.3. The number of rotatable bonds is 0. The lowest BCUT2D eigenvalue weighted by molar-refractivity contribution is -0.125. The molecule has 0 radical (unpaired) electrons. The Labute approximate surface area is 69.4 Å². The number of aliphatic hydroxyl groups excluding tert-OH is 1. The quantitative estimate of drug-likeness (QED) is 0.524. The summed E-state index contributed by atoms with van der Waals surface area (Å²) in [6, 6.07) is -0.380. The number of nitrogens with one attached hydrogen (secondary N) is 1. The Hall–Kier alpha value is -1.52. The highest BCUT2D eigenvalue weighted by molar-refractivity contribution is 5.93. The molecule has 0 spiro atoms. The van der Waals surface area contributed by atoms with Crippen LogP contribution in [-0.2, 0) is 4.79 Å². The van der Waals surface area contributed by atoms with Crippen molar-refractivity contribution in [3.05, 3.63) is 12.0 Å². The number of amides is 1. The number of hydrazone groups is 1. The molecule has 2 atom stereocenters. The molecule has 0 aromatic rings. The van der Waals surface area contributed by atoms with E-state index in [9.17, 15) is 9.90 Å². The van der Waals surface area contributed by atoms with Gasteiger partial charge in [-0.05, 0) is 0 Å². The Bertz CT molecular complexity index is 284. The number of carbonyl (C=O) groups is 1. The van der Waals surface area contributed by atoms with Crippen LogP contribution in [-0.4, -0.2) is 28.4 Å². The Morgan fingerprint density at radius 2 is 2.50 bits per heavy atom. The third-order valence-electron chi connectivity index (χ3n) is 2.16. The van der Waals surface area contributed by atoms with Gasteiger partial charge in [-0.25, -0.2) is 0 Å². The van der Waals surface area contributed by atoms with Gasteiger partial charge >= 0.3 is 0 Å². The zero-order chi connectivity index (χ0) is 8.72. The third kappa shape index (κ3) is 0.792. The van der Waals surface area contributed by atoms with Crippen molar-refractivity contribution in [3.8, 4) is 0 Å². The highest BCUT2D eigenvalue weighted by Crippen LogP contribution is 2.27. The van der Waals surface area contributed by atoms with Gasteiger partial charge in [-0.2, -0.15) is 5.10 Å². The summed E-state index contributed by atoms with van der Waals surface area (Å²) in [5.74, 6) is -0.102. The van der Waals surface area contributed by atoms with E-state index in [0.717, 1.165) is 0 Å². The lowest BCUT2D eigenvalue weighted by atomic mass is 10.0. The molecule has 5 heteroatoms. The minimum atomic E-state index is -0.380. The number of hydrogen-bond acceptors (Lipinski definition) is 4. The molecule has 1 amide bonds. The van der Waals surface area contributed by atoms with Gasteiger partial charge in [-0.1, -0.05) is 6.92 Å². The molecule has 2 rings (SSSR count). The average molecular weight is 167 g/mol. The molecule has 0 aromatic heterocycles. The summed E-state index contributed by atoms with van der Waals surface area (Å²) < 4.78 is 0. The van der Waals surface area contributed by atoms with Crippen LogP contribution >= 0.6 is 0 Å². The largest absolute Gasteiger partial charge is 0.510 e. The SMILES string of the molecule is CC1C(O)=CN2N=CNC(=O)C12. The molecule has 5 nitrogen and oxygen atoms in total. The predicted octanol–water partition coefficient (Wildman–Crippen LogP) is -0.221. The van der Waals surface area contributed by atoms with Crippen LogP contribution in [0.15, 0.2) is 17.1 Å². The number of fused-ring (bicyclic) bond motifs is 1. The van der Waals surface area contributed by atoms with Crippen LogP contribution in [0.1, 0.15) is 6.92 Å². The number of hydrogen-bond donors (Lipinski definition) is 2. The fraction of sp³-hybridized carbons (Fsp3) is 0.429. The summed E-state index contributed by atoms with van der Waals surface area (Å²) in [5.41, 5.74) is 0. The maximum absolute atomic E-state index is 11.2. The maximum atomic E-state index is 11.2. The summed E-state index contributed by atoms with van der Waals surface area (Å²) in [6.45, 7) is 1.79. The smallest absolute Gasteiger partial charge is 0.250 e. The number of aliphatic hydroxyl groups is 1. The normalized spacial score (nSPS) is 32.9. The zero-order valence-electron chi connectivity index (χ0n) is 6.56. The van der Waals surface area contributed by atoms with Crippen molar-refractivity contribution in [3.63, 3.8) is 0 Å². The van der Waals surface area contributed by atoms with Gasteiger partial charge in [0, 0.05) is 5.92 Å². The standard InChI is InChI=1S/C7H9N3O2/c1-4-5(11)2-10-6(4)7(12)8-3-9-10/h2-4,6,11H,1H3,(H,8,9,12). The van der Waals surface area contributed by atoms with Gasteiger partial charge in [0.15, 0.2) is 0 Å². The topological polar surface area (TPSA) is 64.9 Å². The van der Waals surface area contributed by atoms with Crippen molar-refractivity contribution in [2.24, 2.45) is 11.0 Å². The van der Waals surface area contributed by atoms with Crippen molar-refractivity contribution < 1.29 is 9.90 Å². The molecular formula is C7H9N3O2. The van der Waals surface area contributed by atoms with Gasteiger partial charge in [0.2, 0.25) is 0 Å². The highest BCUT2D eigenvalue weighted by Gasteiger charge is 2.39. The summed E-state index contributed by atoms with van der Waals surface area (Å²) in [7, 11) is 0. The van der Waals surface area contributed by atoms with Crippen molar-refractivity contribution >= 4 is 12.2 Å². The van der Waals surface area contributed by atoms with Crippen LogP contribution in [0.3, 0.4) is 0 Å². The lowest BCUT2D eigenvalue weighted by Crippen LogP contribution is -2.47. The molecule has 0 saturated carbocycles. The van der Waals surface area contributed by atoms with Gasteiger partial charge in [-0.3, -0.25) is 9.80 Å². The van der Waals surface area contributed by atoms with E-state index in [1.807, 2.05) is 0 Å². The van der Waals surface area contributed by atoms with Gasteiger partial charge in [0.25, 0.3) is 5.91 Å². The molecule has 0 saturated heterocycles. The summed E-state index contributed by atoms with van der Waals surface area (Å²) in [5, 5.41) is 17.2. The first kappa shape index (κ1) is 7.15. The Morgan fingerprint density at radius 1 is 1.75 bits per heavy atom. The molecule has 0 aromatic carbocycles. The van der Waals surface area contributed by atoms with Gasteiger partial charge in [0.1, 0.15) is 18.1 Å². The van der Waals surface area contributed by atoms with Gasteiger partial charge in [-0.15, -0.1) is 0 Å². The first-order valence-electron chi connectivity index (χ1n) is 3.72. The Morgan fingerprint density at radius 3 is 3.17 bits per heavy atom. The molecule has 0 aliphatic carbocycles. The van der Waals surface area contributed by atoms with Gasteiger partial charge in [0.05, 0.1) is 6.20 Å². The molecule has 2 aliphatic rings. The van der Waals surface area contributed by atoms with E-state index in [1.165, 1.54) is 17.5 Å². The molecule has 2 heterocycles.